The molecular formula is C23H32N6O3. The van der Waals surface area contributed by atoms with Gasteiger partial charge in [0.2, 0.25) is 17.8 Å². The molecule has 0 aromatic heterocycles. The number of ether oxygens (including phenoxy) is 1. The fourth-order valence-corrected chi connectivity index (χ4v) is 3.92. The molecule has 172 valence electrons. The summed E-state index contributed by atoms with van der Waals surface area (Å²) in [4.78, 5) is 33.6. The fourth-order valence-electron chi connectivity index (χ4n) is 3.92. The number of hydrogen-bond acceptors (Lipinski definition) is 5. The Hall–Kier alpha value is -3.28. The van der Waals surface area contributed by atoms with Crippen molar-refractivity contribution in [3.63, 3.8) is 0 Å². The fraction of sp³-hybridized carbons (Fsp3) is 0.565. The van der Waals surface area contributed by atoms with Crippen LogP contribution < -0.4 is 15.4 Å². The maximum absolute atomic E-state index is 13.1. The third kappa shape index (κ3) is 6.61. The lowest BCUT2D eigenvalue weighted by molar-refractivity contribution is -0.140. The molecule has 0 aliphatic carbocycles. The molecular weight excluding hydrogens is 408 g/mol. The third-order valence-electron chi connectivity index (χ3n) is 5.49. The van der Waals surface area contributed by atoms with Gasteiger partial charge in [-0.15, -0.1) is 0 Å². The number of carbonyl (C=O) groups excluding carboxylic acids is 2. The summed E-state index contributed by atoms with van der Waals surface area (Å²) in [5, 5.41) is 14.8. The second-order valence-corrected chi connectivity index (χ2v) is 8.39. The zero-order valence-corrected chi connectivity index (χ0v) is 18.8. The molecule has 2 aliphatic rings. The highest BCUT2D eigenvalue weighted by Crippen LogP contribution is 2.19. The van der Waals surface area contributed by atoms with Crippen LogP contribution in [0.4, 0.5) is 5.69 Å². The van der Waals surface area contributed by atoms with E-state index in [1.54, 1.807) is 4.90 Å². The van der Waals surface area contributed by atoms with Crippen molar-refractivity contribution < 1.29 is 14.3 Å². The average molecular weight is 441 g/mol. The van der Waals surface area contributed by atoms with Crippen molar-refractivity contribution in [1.82, 2.24) is 15.1 Å². The molecule has 0 spiro atoms. The number of carbonyl (C=O) groups is 2. The van der Waals surface area contributed by atoms with E-state index >= 15 is 0 Å². The second kappa shape index (κ2) is 11.4. The summed E-state index contributed by atoms with van der Waals surface area (Å²) < 4.78 is 5.64. The van der Waals surface area contributed by atoms with Crippen LogP contribution in [-0.4, -0.2) is 65.9 Å². The van der Waals surface area contributed by atoms with Crippen molar-refractivity contribution in [3.8, 4) is 11.9 Å². The predicted octanol–water partition coefficient (Wildman–Crippen LogP) is 2.32. The maximum Gasteiger partial charge on any atom is 0.247 e. The summed E-state index contributed by atoms with van der Waals surface area (Å²) >= 11 is 0. The predicted molar refractivity (Wildman–Crippen MR) is 122 cm³/mol. The Bertz CT molecular complexity index is 855. The smallest absolute Gasteiger partial charge is 0.247 e. The summed E-state index contributed by atoms with van der Waals surface area (Å²) in [5.41, 5.74) is 0.713. The highest BCUT2D eigenvalue weighted by molar-refractivity contribution is 5.97. The molecule has 2 saturated heterocycles. The first kappa shape index (κ1) is 23.4. The van der Waals surface area contributed by atoms with Crippen LogP contribution in [0.15, 0.2) is 29.3 Å². The zero-order valence-electron chi connectivity index (χ0n) is 18.8. The summed E-state index contributed by atoms with van der Waals surface area (Å²) in [5.74, 6) is 0.776. The summed E-state index contributed by atoms with van der Waals surface area (Å²) in [6.45, 7) is 6.10. The summed E-state index contributed by atoms with van der Waals surface area (Å²) in [6, 6.07) is 6.66. The average Bonchev–Trinajstić information content (AvgIpc) is 3.25. The largest absolute Gasteiger partial charge is 0.491 e. The number of guanidine groups is 1. The molecule has 2 amide bonds. The van der Waals surface area contributed by atoms with Gasteiger partial charge in [0.25, 0.3) is 0 Å². The first-order valence-corrected chi connectivity index (χ1v) is 11.3. The molecule has 1 aromatic rings. The third-order valence-corrected chi connectivity index (χ3v) is 5.49. The molecule has 0 radical (unpaired) electrons. The second-order valence-electron chi connectivity index (χ2n) is 8.39. The van der Waals surface area contributed by atoms with E-state index < -0.39 is 6.04 Å². The minimum absolute atomic E-state index is 0.00214. The van der Waals surface area contributed by atoms with E-state index in [0.29, 0.717) is 18.7 Å². The van der Waals surface area contributed by atoms with E-state index in [0.717, 1.165) is 44.5 Å². The van der Waals surface area contributed by atoms with Crippen molar-refractivity contribution >= 4 is 23.5 Å². The van der Waals surface area contributed by atoms with Gasteiger partial charge in [0, 0.05) is 25.3 Å². The van der Waals surface area contributed by atoms with Crippen LogP contribution in [0.5, 0.6) is 5.75 Å². The lowest BCUT2D eigenvalue weighted by atomic mass is 10.1. The standard InChI is InChI=1S/C23H32N6O3/c1-17(2)32-19-10-8-18(9-11-19)26-23(25-16-24)27-20-7-3-4-14-29(22(20)31)15-21(30)28-12-5-6-13-28/h8-11,17,20H,3-7,12-15H2,1-2H3,(H2,25,26,27). The molecule has 3 rings (SSSR count). The van der Waals surface area contributed by atoms with E-state index in [2.05, 4.69) is 15.6 Å². The number of likely N-dealkylation sites (tertiary alicyclic amines) is 2. The zero-order chi connectivity index (χ0) is 22.9. The normalized spacial score (nSPS) is 19.5. The number of hydrogen-bond donors (Lipinski definition) is 2. The number of benzene rings is 1. The molecule has 0 bridgehead atoms. The van der Waals surface area contributed by atoms with Gasteiger partial charge in [0.15, 0.2) is 6.19 Å². The minimum Gasteiger partial charge on any atom is -0.491 e. The molecule has 1 atom stereocenters. The Morgan fingerprint density at radius 3 is 2.53 bits per heavy atom. The summed E-state index contributed by atoms with van der Waals surface area (Å²) in [6.07, 6.45) is 6.22. The number of amides is 2. The van der Waals surface area contributed by atoms with Crippen molar-refractivity contribution in [3.05, 3.63) is 24.3 Å². The van der Waals surface area contributed by atoms with E-state index in [-0.39, 0.29) is 30.4 Å². The number of nitrogens with zero attached hydrogens (tertiary/aromatic N) is 4. The topological polar surface area (TPSA) is 110 Å². The molecule has 9 heteroatoms. The first-order valence-electron chi connectivity index (χ1n) is 11.3. The number of aliphatic imine (C=N–C) groups is 1. The lowest BCUT2D eigenvalue weighted by Gasteiger charge is -2.25. The Labute approximate surface area is 189 Å². The van der Waals surface area contributed by atoms with Gasteiger partial charge in [0.1, 0.15) is 11.8 Å². The number of rotatable bonds is 6. The lowest BCUT2D eigenvalue weighted by Crippen LogP contribution is -2.45. The SMILES string of the molecule is CC(C)Oc1ccc(NC(=NC2CCCCN(CC(=O)N3CCCC3)C2=O)NC#N)cc1. The Morgan fingerprint density at radius 1 is 1.19 bits per heavy atom. The van der Waals surface area contributed by atoms with E-state index in [9.17, 15) is 9.59 Å². The van der Waals surface area contributed by atoms with Gasteiger partial charge in [-0.05, 0) is 70.2 Å². The molecule has 2 N–H and O–H groups in total. The molecule has 32 heavy (non-hydrogen) atoms. The number of nitriles is 1. The molecule has 1 unspecified atom stereocenters. The van der Waals surface area contributed by atoms with Crippen LogP contribution in [0, 0.1) is 11.5 Å². The Morgan fingerprint density at radius 2 is 1.88 bits per heavy atom. The van der Waals surface area contributed by atoms with Crippen LogP contribution in [0.3, 0.4) is 0 Å². The van der Waals surface area contributed by atoms with Crippen molar-refractivity contribution in [2.24, 2.45) is 4.99 Å². The van der Waals surface area contributed by atoms with Gasteiger partial charge in [-0.2, -0.15) is 5.26 Å². The van der Waals surface area contributed by atoms with Gasteiger partial charge in [0.05, 0.1) is 12.6 Å². The van der Waals surface area contributed by atoms with Crippen LogP contribution >= 0.6 is 0 Å². The van der Waals surface area contributed by atoms with E-state index in [4.69, 9.17) is 10.00 Å². The van der Waals surface area contributed by atoms with Crippen LogP contribution in [0.2, 0.25) is 0 Å². The molecule has 2 fully saturated rings. The molecule has 2 aliphatic heterocycles. The van der Waals surface area contributed by atoms with Crippen LogP contribution in [0.1, 0.15) is 46.0 Å². The molecule has 1 aromatic carbocycles. The Kier molecular flexibility index (Phi) is 8.31. The van der Waals surface area contributed by atoms with Gasteiger partial charge >= 0.3 is 0 Å². The van der Waals surface area contributed by atoms with E-state index in [1.807, 2.05) is 49.2 Å². The van der Waals surface area contributed by atoms with Gasteiger partial charge in [-0.3, -0.25) is 14.9 Å². The molecule has 0 saturated carbocycles. The van der Waals surface area contributed by atoms with Gasteiger partial charge in [-0.25, -0.2) is 4.99 Å². The van der Waals surface area contributed by atoms with Crippen molar-refractivity contribution in [2.75, 3.05) is 31.5 Å². The molecule has 9 nitrogen and oxygen atoms in total. The van der Waals surface area contributed by atoms with Gasteiger partial charge in [-0.1, -0.05) is 0 Å². The van der Waals surface area contributed by atoms with Crippen LogP contribution in [-0.2, 0) is 9.59 Å². The summed E-state index contributed by atoms with van der Waals surface area (Å²) in [7, 11) is 0. The number of anilines is 1. The number of nitrogens with one attached hydrogen (secondary N) is 2. The highest BCUT2D eigenvalue weighted by Gasteiger charge is 2.30. The monoisotopic (exact) mass is 440 g/mol. The van der Waals surface area contributed by atoms with E-state index in [1.165, 1.54) is 0 Å². The first-order chi connectivity index (χ1) is 15.5. The highest BCUT2D eigenvalue weighted by atomic mass is 16.5. The minimum atomic E-state index is -0.643. The quantitative estimate of drug-likeness (QED) is 0.304. The van der Waals surface area contributed by atoms with Crippen LogP contribution in [0.25, 0.3) is 0 Å². The van der Waals surface area contributed by atoms with Crippen molar-refractivity contribution in [2.45, 2.75) is 58.1 Å². The Balaban J connectivity index is 1.69. The maximum atomic E-state index is 13.1. The van der Waals surface area contributed by atoms with Gasteiger partial charge < -0.3 is 19.9 Å². The van der Waals surface area contributed by atoms with Crippen molar-refractivity contribution in [1.29, 1.82) is 5.26 Å². The molecule has 2 heterocycles.